The molecule has 2 amide bonds. The number of nitrogens with zero attached hydrogens (tertiary/aromatic N) is 1. The van der Waals surface area contributed by atoms with Crippen LogP contribution in [-0.4, -0.2) is 24.4 Å². The van der Waals surface area contributed by atoms with Crippen molar-refractivity contribution in [1.29, 1.82) is 0 Å². The molecule has 1 saturated heterocycles. The Balaban J connectivity index is 1.58. The molecule has 1 heterocycles. The van der Waals surface area contributed by atoms with Crippen molar-refractivity contribution in [3.63, 3.8) is 0 Å². The van der Waals surface area contributed by atoms with Gasteiger partial charge in [0.25, 0.3) is 0 Å². The van der Waals surface area contributed by atoms with Crippen molar-refractivity contribution in [2.45, 2.75) is 18.9 Å². The Kier molecular flexibility index (Phi) is 4.81. The van der Waals surface area contributed by atoms with Gasteiger partial charge in [-0.1, -0.05) is 23.7 Å². The molecular formula is C18H16ClFN2O2. The molecule has 2 aromatic carbocycles. The van der Waals surface area contributed by atoms with E-state index in [1.165, 1.54) is 12.1 Å². The number of hydrogen-bond donors (Lipinski definition) is 1. The quantitative estimate of drug-likeness (QED) is 0.925. The second-order valence-electron chi connectivity index (χ2n) is 5.75. The standard InChI is InChI=1S/C18H16ClFN2O2/c19-13-3-7-16(8-4-13)22-11-15(10-18(22)24)21-17(23)9-12-1-5-14(20)6-2-12/h1-8,15H,9-11H2,(H,21,23)/t15-/m0/s1. The molecule has 1 atom stereocenters. The first kappa shape index (κ1) is 16.5. The second-order valence-corrected chi connectivity index (χ2v) is 6.19. The van der Waals surface area contributed by atoms with Gasteiger partial charge in [0.05, 0.1) is 12.5 Å². The molecule has 1 fully saturated rings. The van der Waals surface area contributed by atoms with E-state index in [1.807, 2.05) is 0 Å². The third-order valence-corrected chi connectivity index (χ3v) is 4.16. The van der Waals surface area contributed by atoms with Gasteiger partial charge in [0, 0.05) is 23.7 Å². The molecule has 3 rings (SSSR count). The minimum absolute atomic E-state index is 0.0376. The van der Waals surface area contributed by atoms with Crippen molar-refractivity contribution in [2.24, 2.45) is 0 Å². The lowest BCUT2D eigenvalue weighted by Crippen LogP contribution is -2.38. The normalized spacial score (nSPS) is 17.2. The molecule has 6 heteroatoms. The summed E-state index contributed by atoms with van der Waals surface area (Å²) >= 11 is 5.86. The van der Waals surface area contributed by atoms with E-state index < -0.39 is 0 Å². The zero-order chi connectivity index (χ0) is 17.1. The van der Waals surface area contributed by atoms with E-state index in [1.54, 1.807) is 41.3 Å². The van der Waals surface area contributed by atoms with Crippen LogP contribution in [0.3, 0.4) is 0 Å². The van der Waals surface area contributed by atoms with Crippen LogP contribution in [0.5, 0.6) is 0 Å². The van der Waals surface area contributed by atoms with E-state index >= 15 is 0 Å². The SMILES string of the molecule is O=C(Cc1ccc(F)cc1)N[C@H]1CC(=O)N(c2ccc(Cl)cc2)C1. The zero-order valence-corrected chi connectivity index (χ0v) is 13.6. The Hall–Kier alpha value is -2.40. The number of anilines is 1. The molecular weight excluding hydrogens is 331 g/mol. The van der Waals surface area contributed by atoms with Crippen LogP contribution in [-0.2, 0) is 16.0 Å². The number of rotatable bonds is 4. The van der Waals surface area contributed by atoms with Gasteiger partial charge in [-0.05, 0) is 42.0 Å². The Bertz CT molecular complexity index is 747. The van der Waals surface area contributed by atoms with Gasteiger partial charge in [0.2, 0.25) is 11.8 Å². The first-order chi connectivity index (χ1) is 11.5. The highest BCUT2D eigenvalue weighted by molar-refractivity contribution is 6.30. The van der Waals surface area contributed by atoms with Crippen LogP contribution in [0.4, 0.5) is 10.1 Å². The molecule has 0 bridgehead atoms. The van der Waals surface area contributed by atoms with E-state index in [0.29, 0.717) is 11.6 Å². The zero-order valence-electron chi connectivity index (χ0n) is 12.8. The molecule has 1 N–H and O–H groups in total. The Morgan fingerprint density at radius 2 is 1.83 bits per heavy atom. The number of carbonyl (C=O) groups is 2. The summed E-state index contributed by atoms with van der Waals surface area (Å²) in [6.45, 7) is 0.426. The van der Waals surface area contributed by atoms with Crippen molar-refractivity contribution in [3.05, 3.63) is 64.9 Å². The fraction of sp³-hybridized carbons (Fsp3) is 0.222. The number of carbonyl (C=O) groups excluding carboxylic acids is 2. The Morgan fingerprint density at radius 1 is 1.17 bits per heavy atom. The maximum atomic E-state index is 12.9. The van der Waals surface area contributed by atoms with Crippen LogP contribution < -0.4 is 10.2 Å². The highest BCUT2D eigenvalue weighted by Crippen LogP contribution is 2.23. The van der Waals surface area contributed by atoms with Crippen LogP contribution in [0, 0.1) is 5.82 Å². The van der Waals surface area contributed by atoms with Crippen molar-refractivity contribution in [1.82, 2.24) is 5.32 Å². The minimum atomic E-state index is -0.334. The number of hydrogen-bond acceptors (Lipinski definition) is 2. The van der Waals surface area contributed by atoms with Gasteiger partial charge in [-0.25, -0.2) is 4.39 Å². The predicted octanol–water partition coefficient (Wildman–Crippen LogP) is 2.94. The molecule has 4 nitrogen and oxygen atoms in total. The Morgan fingerprint density at radius 3 is 2.50 bits per heavy atom. The van der Waals surface area contributed by atoms with Crippen LogP contribution in [0.15, 0.2) is 48.5 Å². The van der Waals surface area contributed by atoms with Crippen LogP contribution >= 0.6 is 11.6 Å². The topological polar surface area (TPSA) is 49.4 Å². The van der Waals surface area contributed by atoms with Crippen LogP contribution in [0.1, 0.15) is 12.0 Å². The van der Waals surface area contributed by atoms with Crippen molar-refractivity contribution in [3.8, 4) is 0 Å². The summed E-state index contributed by atoms with van der Waals surface area (Å²) in [6.07, 6.45) is 0.420. The van der Waals surface area contributed by atoms with E-state index in [4.69, 9.17) is 11.6 Å². The highest BCUT2D eigenvalue weighted by atomic mass is 35.5. The molecule has 1 aliphatic rings. The third-order valence-electron chi connectivity index (χ3n) is 3.91. The lowest BCUT2D eigenvalue weighted by Gasteiger charge is -2.17. The monoisotopic (exact) mass is 346 g/mol. The number of nitrogens with one attached hydrogen (secondary N) is 1. The molecule has 0 spiro atoms. The van der Waals surface area contributed by atoms with Crippen molar-refractivity contribution < 1.29 is 14.0 Å². The molecule has 0 unspecified atom stereocenters. The molecule has 0 aliphatic carbocycles. The van der Waals surface area contributed by atoms with Gasteiger partial charge >= 0.3 is 0 Å². The van der Waals surface area contributed by atoms with E-state index in [9.17, 15) is 14.0 Å². The lowest BCUT2D eigenvalue weighted by molar-refractivity contribution is -0.121. The average molecular weight is 347 g/mol. The van der Waals surface area contributed by atoms with E-state index in [0.717, 1.165) is 11.3 Å². The van der Waals surface area contributed by atoms with Gasteiger partial charge in [-0.3, -0.25) is 9.59 Å². The summed E-state index contributed by atoms with van der Waals surface area (Å²) in [7, 11) is 0. The second kappa shape index (κ2) is 7.01. The molecule has 24 heavy (non-hydrogen) atoms. The summed E-state index contributed by atoms with van der Waals surface area (Å²) in [5, 5.41) is 3.47. The van der Waals surface area contributed by atoms with Crippen LogP contribution in [0.2, 0.25) is 5.02 Å². The molecule has 1 aliphatic heterocycles. The van der Waals surface area contributed by atoms with Gasteiger partial charge < -0.3 is 10.2 Å². The Labute approximate surface area is 144 Å². The number of halogens is 2. The number of amides is 2. The summed E-state index contributed by atoms with van der Waals surface area (Å²) < 4.78 is 12.9. The van der Waals surface area contributed by atoms with Gasteiger partial charge in [-0.15, -0.1) is 0 Å². The molecule has 0 radical (unpaired) electrons. The number of benzene rings is 2. The largest absolute Gasteiger partial charge is 0.351 e. The maximum Gasteiger partial charge on any atom is 0.229 e. The summed E-state index contributed by atoms with van der Waals surface area (Å²) in [6, 6.07) is 12.6. The minimum Gasteiger partial charge on any atom is -0.351 e. The fourth-order valence-electron chi connectivity index (χ4n) is 2.74. The average Bonchev–Trinajstić information content (AvgIpc) is 2.90. The van der Waals surface area contributed by atoms with Crippen LogP contribution in [0.25, 0.3) is 0 Å². The first-order valence-corrected chi connectivity index (χ1v) is 7.99. The van der Waals surface area contributed by atoms with E-state index in [2.05, 4.69) is 5.32 Å². The summed E-state index contributed by atoms with van der Waals surface area (Å²) in [5.74, 6) is -0.555. The smallest absolute Gasteiger partial charge is 0.229 e. The van der Waals surface area contributed by atoms with Crippen molar-refractivity contribution >= 4 is 29.1 Å². The summed E-state index contributed by atoms with van der Waals surface area (Å²) in [5.41, 5.74) is 1.49. The van der Waals surface area contributed by atoms with E-state index in [-0.39, 0.29) is 36.5 Å². The van der Waals surface area contributed by atoms with Gasteiger partial charge in [0.15, 0.2) is 0 Å². The molecule has 0 aromatic heterocycles. The van der Waals surface area contributed by atoms with Gasteiger partial charge in [-0.2, -0.15) is 0 Å². The lowest BCUT2D eigenvalue weighted by atomic mass is 10.1. The highest BCUT2D eigenvalue weighted by Gasteiger charge is 2.31. The van der Waals surface area contributed by atoms with Crippen molar-refractivity contribution in [2.75, 3.05) is 11.4 Å². The molecule has 124 valence electrons. The molecule has 2 aromatic rings. The maximum absolute atomic E-state index is 12.9. The van der Waals surface area contributed by atoms with Gasteiger partial charge in [0.1, 0.15) is 5.82 Å². The predicted molar refractivity (Wildman–Crippen MR) is 90.5 cm³/mol. The summed E-state index contributed by atoms with van der Waals surface area (Å²) in [4.78, 5) is 25.9. The first-order valence-electron chi connectivity index (χ1n) is 7.61. The fourth-order valence-corrected chi connectivity index (χ4v) is 2.87. The third kappa shape index (κ3) is 3.92. The molecule has 0 saturated carbocycles.